The number of ether oxygens (including phenoxy) is 1. The standard InChI is InChI=1S/C15H21FN2O2/c1-2-20-15(19)17-11-12-6-7-14(13(16)10-12)18-8-4-3-5-9-18/h6-7,10H,2-5,8-9,11H2,1H3,(H,17,19). The second-order valence-corrected chi connectivity index (χ2v) is 4.91. The van der Waals surface area contributed by atoms with Crippen molar-refractivity contribution in [2.45, 2.75) is 32.7 Å². The molecule has 1 saturated heterocycles. The van der Waals surface area contributed by atoms with Gasteiger partial charge in [0.1, 0.15) is 5.82 Å². The van der Waals surface area contributed by atoms with Crippen LogP contribution in [0.3, 0.4) is 0 Å². The van der Waals surface area contributed by atoms with Gasteiger partial charge in [-0.3, -0.25) is 0 Å². The van der Waals surface area contributed by atoms with E-state index in [1.54, 1.807) is 13.0 Å². The molecule has 1 heterocycles. The van der Waals surface area contributed by atoms with Crippen molar-refractivity contribution >= 4 is 11.8 Å². The Balaban J connectivity index is 1.96. The number of benzene rings is 1. The summed E-state index contributed by atoms with van der Waals surface area (Å²) in [4.78, 5) is 13.3. The molecular weight excluding hydrogens is 259 g/mol. The third kappa shape index (κ3) is 3.85. The summed E-state index contributed by atoms with van der Waals surface area (Å²) in [6.45, 7) is 4.17. The molecule has 2 rings (SSSR count). The van der Waals surface area contributed by atoms with Gasteiger partial charge in [-0.2, -0.15) is 0 Å². The van der Waals surface area contributed by atoms with Crippen molar-refractivity contribution in [3.63, 3.8) is 0 Å². The van der Waals surface area contributed by atoms with Gasteiger partial charge in [0.05, 0.1) is 12.3 Å². The summed E-state index contributed by atoms with van der Waals surface area (Å²) in [5.74, 6) is -0.227. The first-order valence-electron chi connectivity index (χ1n) is 7.14. The van der Waals surface area contributed by atoms with Crippen molar-refractivity contribution < 1.29 is 13.9 Å². The molecule has 1 aliphatic rings. The Morgan fingerprint density at radius 2 is 2.10 bits per heavy atom. The Bertz CT molecular complexity index is 459. The summed E-state index contributed by atoms with van der Waals surface area (Å²) in [5, 5.41) is 2.58. The van der Waals surface area contributed by atoms with Gasteiger partial charge in [0, 0.05) is 19.6 Å². The number of rotatable bonds is 4. The number of carbonyl (C=O) groups excluding carboxylic acids is 1. The minimum Gasteiger partial charge on any atom is -0.450 e. The molecule has 0 bridgehead atoms. The number of hydrogen-bond donors (Lipinski definition) is 1. The molecule has 0 radical (unpaired) electrons. The van der Waals surface area contributed by atoms with E-state index in [4.69, 9.17) is 4.74 Å². The van der Waals surface area contributed by atoms with Crippen LogP contribution in [0.1, 0.15) is 31.7 Å². The highest BCUT2D eigenvalue weighted by molar-refractivity contribution is 5.67. The molecule has 0 unspecified atom stereocenters. The average Bonchev–Trinajstić information content (AvgIpc) is 2.46. The van der Waals surface area contributed by atoms with Gasteiger partial charge in [0.25, 0.3) is 0 Å². The van der Waals surface area contributed by atoms with Crippen molar-refractivity contribution in [2.24, 2.45) is 0 Å². The van der Waals surface area contributed by atoms with Crippen molar-refractivity contribution in [2.75, 3.05) is 24.6 Å². The molecule has 5 heteroatoms. The van der Waals surface area contributed by atoms with Crippen molar-refractivity contribution in [1.29, 1.82) is 0 Å². The van der Waals surface area contributed by atoms with E-state index in [-0.39, 0.29) is 12.4 Å². The zero-order valence-corrected chi connectivity index (χ0v) is 11.8. The summed E-state index contributed by atoms with van der Waals surface area (Å²) < 4.78 is 18.9. The Kier molecular flexibility index (Phi) is 5.21. The lowest BCUT2D eigenvalue weighted by Crippen LogP contribution is -2.30. The fraction of sp³-hybridized carbons (Fsp3) is 0.533. The largest absolute Gasteiger partial charge is 0.450 e. The second-order valence-electron chi connectivity index (χ2n) is 4.91. The van der Waals surface area contributed by atoms with Crippen molar-refractivity contribution in [3.05, 3.63) is 29.6 Å². The lowest BCUT2D eigenvalue weighted by Gasteiger charge is -2.29. The fourth-order valence-corrected chi connectivity index (χ4v) is 2.41. The number of alkyl carbamates (subject to hydrolysis) is 1. The first-order valence-corrected chi connectivity index (χ1v) is 7.14. The number of piperidine rings is 1. The maximum absolute atomic E-state index is 14.1. The number of amides is 1. The third-order valence-electron chi connectivity index (χ3n) is 3.42. The molecule has 0 aromatic heterocycles. The van der Waals surface area contributed by atoms with Crippen LogP contribution in [0.4, 0.5) is 14.9 Å². The van der Waals surface area contributed by atoms with E-state index in [1.165, 1.54) is 12.5 Å². The molecule has 20 heavy (non-hydrogen) atoms. The van der Waals surface area contributed by atoms with Gasteiger partial charge in [0.2, 0.25) is 0 Å². The van der Waals surface area contributed by atoms with E-state index in [0.717, 1.165) is 31.5 Å². The van der Waals surface area contributed by atoms with E-state index >= 15 is 0 Å². The molecule has 1 aromatic carbocycles. The fourth-order valence-electron chi connectivity index (χ4n) is 2.41. The maximum Gasteiger partial charge on any atom is 0.407 e. The van der Waals surface area contributed by atoms with Gasteiger partial charge >= 0.3 is 6.09 Å². The first kappa shape index (κ1) is 14.6. The van der Waals surface area contributed by atoms with Crippen LogP contribution in [0.2, 0.25) is 0 Å². The molecule has 0 atom stereocenters. The molecule has 110 valence electrons. The number of nitrogens with one attached hydrogen (secondary N) is 1. The topological polar surface area (TPSA) is 41.6 Å². The molecule has 0 saturated carbocycles. The van der Waals surface area contributed by atoms with E-state index in [0.29, 0.717) is 12.3 Å². The third-order valence-corrected chi connectivity index (χ3v) is 3.42. The van der Waals surface area contributed by atoms with Crippen LogP contribution in [0.25, 0.3) is 0 Å². The predicted molar refractivity (Wildman–Crippen MR) is 76.3 cm³/mol. The number of carbonyl (C=O) groups is 1. The molecule has 4 nitrogen and oxygen atoms in total. The quantitative estimate of drug-likeness (QED) is 0.921. The lowest BCUT2D eigenvalue weighted by atomic mass is 10.1. The van der Waals surface area contributed by atoms with Crippen molar-refractivity contribution in [3.8, 4) is 0 Å². The van der Waals surface area contributed by atoms with Crippen LogP contribution in [0.5, 0.6) is 0 Å². The van der Waals surface area contributed by atoms with Gasteiger partial charge in [0.15, 0.2) is 0 Å². The van der Waals surface area contributed by atoms with E-state index in [1.807, 2.05) is 6.07 Å². The molecule has 1 N–H and O–H groups in total. The van der Waals surface area contributed by atoms with Gasteiger partial charge < -0.3 is 15.0 Å². The number of nitrogens with zero attached hydrogens (tertiary/aromatic N) is 1. The molecule has 1 amide bonds. The van der Waals surface area contributed by atoms with Crippen LogP contribution in [-0.2, 0) is 11.3 Å². The zero-order valence-electron chi connectivity index (χ0n) is 11.8. The van der Waals surface area contributed by atoms with Crippen LogP contribution >= 0.6 is 0 Å². The lowest BCUT2D eigenvalue weighted by molar-refractivity contribution is 0.151. The minimum absolute atomic E-state index is 0.227. The van der Waals surface area contributed by atoms with E-state index in [2.05, 4.69) is 10.2 Å². The molecule has 0 spiro atoms. The highest BCUT2D eigenvalue weighted by atomic mass is 19.1. The summed E-state index contributed by atoms with van der Waals surface area (Å²) in [7, 11) is 0. The van der Waals surface area contributed by atoms with Crippen LogP contribution in [-0.4, -0.2) is 25.8 Å². The number of hydrogen-bond acceptors (Lipinski definition) is 3. The van der Waals surface area contributed by atoms with Crippen LogP contribution in [0, 0.1) is 5.82 Å². The molecular formula is C15H21FN2O2. The SMILES string of the molecule is CCOC(=O)NCc1ccc(N2CCCCC2)c(F)c1. The first-order chi connectivity index (χ1) is 9.70. The normalized spacial score (nSPS) is 15.0. The Hall–Kier alpha value is -1.78. The molecule has 1 aliphatic heterocycles. The van der Waals surface area contributed by atoms with Crippen LogP contribution < -0.4 is 10.2 Å². The predicted octanol–water partition coefficient (Wildman–Crippen LogP) is 3.06. The summed E-state index contributed by atoms with van der Waals surface area (Å²) >= 11 is 0. The Morgan fingerprint density at radius 3 is 2.75 bits per heavy atom. The monoisotopic (exact) mass is 280 g/mol. The van der Waals surface area contributed by atoms with Crippen LogP contribution in [0.15, 0.2) is 18.2 Å². The van der Waals surface area contributed by atoms with Gasteiger partial charge in [-0.25, -0.2) is 9.18 Å². The average molecular weight is 280 g/mol. The molecule has 1 fully saturated rings. The Morgan fingerprint density at radius 1 is 1.35 bits per heavy atom. The van der Waals surface area contributed by atoms with Gasteiger partial charge in [-0.15, -0.1) is 0 Å². The van der Waals surface area contributed by atoms with Gasteiger partial charge in [-0.1, -0.05) is 6.07 Å². The van der Waals surface area contributed by atoms with E-state index in [9.17, 15) is 9.18 Å². The Labute approximate surface area is 118 Å². The number of halogens is 1. The highest BCUT2D eigenvalue weighted by Crippen LogP contribution is 2.24. The van der Waals surface area contributed by atoms with Gasteiger partial charge in [-0.05, 0) is 43.9 Å². The maximum atomic E-state index is 14.1. The summed E-state index contributed by atoms with van der Waals surface area (Å²) in [6, 6.07) is 5.12. The summed E-state index contributed by atoms with van der Waals surface area (Å²) in [5.41, 5.74) is 1.39. The minimum atomic E-state index is -0.479. The van der Waals surface area contributed by atoms with Crippen molar-refractivity contribution in [1.82, 2.24) is 5.32 Å². The molecule has 0 aliphatic carbocycles. The van der Waals surface area contributed by atoms with E-state index < -0.39 is 6.09 Å². The second kappa shape index (κ2) is 7.12. The number of anilines is 1. The highest BCUT2D eigenvalue weighted by Gasteiger charge is 2.15. The zero-order chi connectivity index (χ0) is 14.4. The molecule has 1 aromatic rings. The summed E-state index contributed by atoms with van der Waals surface area (Å²) in [6.07, 6.45) is 2.98. The smallest absolute Gasteiger partial charge is 0.407 e.